The zero-order chi connectivity index (χ0) is 15.3. The molecule has 0 amide bonds. The van der Waals surface area contributed by atoms with Crippen molar-refractivity contribution in [3.63, 3.8) is 0 Å². The van der Waals surface area contributed by atoms with E-state index in [1.54, 1.807) is 11.9 Å². The number of ether oxygens (including phenoxy) is 1. The quantitative estimate of drug-likeness (QED) is 0.646. The average molecular weight is 299 g/mol. The molecular formula is C12H21N5O2S. The van der Waals surface area contributed by atoms with Crippen LogP contribution in [0.4, 0.5) is 11.9 Å². The maximum Gasteiger partial charge on any atom is 0.316 e. The van der Waals surface area contributed by atoms with Crippen LogP contribution in [0.15, 0.2) is 5.16 Å². The molecule has 1 N–H and O–H groups in total. The summed E-state index contributed by atoms with van der Waals surface area (Å²) in [5, 5.41) is 3.36. The summed E-state index contributed by atoms with van der Waals surface area (Å²) in [6, 6.07) is 0. The van der Waals surface area contributed by atoms with Crippen LogP contribution < -0.4 is 10.2 Å². The Labute approximate surface area is 123 Å². The highest BCUT2D eigenvalue weighted by Gasteiger charge is 2.17. The fraction of sp³-hybridized carbons (Fsp3) is 0.667. The van der Waals surface area contributed by atoms with Crippen LogP contribution in [0.1, 0.15) is 20.8 Å². The van der Waals surface area contributed by atoms with E-state index >= 15 is 0 Å². The molecule has 0 spiro atoms. The van der Waals surface area contributed by atoms with Gasteiger partial charge >= 0.3 is 5.97 Å². The Balaban J connectivity index is 2.72. The lowest BCUT2D eigenvalue weighted by atomic mass is 10.2. The number of carbonyl (C=O) groups is 1. The minimum Gasteiger partial charge on any atom is -0.459 e. The van der Waals surface area contributed by atoms with Crippen molar-refractivity contribution < 1.29 is 9.53 Å². The smallest absolute Gasteiger partial charge is 0.316 e. The van der Waals surface area contributed by atoms with Gasteiger partial charge in [-0.05, 0) is 20.8 Å². The van der Waals surface area contributed by atoms with Gasteiger partial charge in [-0.2, -0.15) is 15.0 Å². The first-order chi connectivity index (χ1) is 9.21. The summed E-state index contributed by atoms with van der Waals surface area (Å²) in [7, 11) is 5.42. The van der Waals surface area contributed by atoms with Gasteiger partial charge in [0.1, 0.15) is 5.60 Å². The molecular weight excluding hydrogens is 278 g/mol. The molecule has 112 valence electrons. The second kappa shape index (κ2) is 6.74. The summed E-state index contributed by atoms with van der Waals surface area (Å²) in [6.45, 7) is 5.51. The first kappa shape index (κ1) is 16.5. The van der Waals surface area contributed by atoms with Crippen LogP contribution in [0.3, 0.4) is 0 Å². The summed E-state index contributed by atoms with van der Waals surface area (Å²) in [5.41, 5.74) is -0.484. The van der Waals surface area contributed by atoms with E-state index in [1.165, 1.54) is 11.8 Å². The van der Waals surface area contributed by atoms with Gasteiger partial charge in [0, 0.05) is 21.1 Å². The molecule has 20 heavy (non-hydrogen) atoms. The fourth-order valence-corrected chi connectivity index (χ4v) is 1.82. The number of anilines is 2. The third kappa shape index (κ3) is 5.60. The summed E-state index contributed by atoms with van der Waals surface area (Å²) in [6.07, 6.45) is 0. The van der Waals surface area contributed by atoms with Gasteiger partial charge in [-0.25, -0.2) is 0 Å². The van der Waals surface area contributed by atoms with Gasteiger partial charge < -0.3 is 15.0 Å². The zero-order valence-electron chi connectivity index (χ0n) is 12.7. The SMILES string of the molecule is CNc1nc(SCC(=O)OC(C)(C)C)nc(N(C)C)n1. The lowest BCUT2D eigenvalue weighted by Gasteiger charge is -2.19. The average Bonchev–Trinajstić information content (AvgIpc) is 2.33. The first-order valence-electron chi connectivity index (χ1n) is 6.17. The lowest BCUT2D eigenvalue weighted by Crippen LogP contribution is -2.25. The van der Waals surface area contributed by atoms with Gasteiger partial charge in [0.15, 0.2) is 5.16 Å². The first-order valence-corrected chi connectivity index (χ1v) is 7.15. The molecule has 1 aromatic heterocycles. The maximum absolute atomic E-state index is 11.7. The van der Waals surface area contributed by atoms with E-state index in [2.05, 4.69) is 20.3 Å². The predicted octanol–water partition coefficient (Wildman–Crippen LogP) is 1.41. The molecule has 0 fully saturated rings. The number of aromatic nitrogens is 3. The van der Waals surface area contributed by atoms with Crippen LogP contribution in [0.5, 0.6) is 0 Å². The normalized spacial score (nSPS) is 11.1. The van der Waals surface area contributed by atoms with E-state index < -0.39 is 5.60 Å². The van der Waals surface area contributed by atoms with Gasteiger partial charge in [0.2, 0.25) is 11.9 Å². The molecule has 0 aliphatic heterocycles. The van der Waals surface area contributed by atoms with Crippen LogP contribution in [-0.4, -0.2) is 53.4 Å². The van der Waals surface area contributed by atoms with Crippen LogP contribution in [-0.2, 0) is 9.53 Å². The lowest BCUT2D eigenvalue weighted by molar-refractivity contribution is -0.151. The van der Waals surface area contributed by atoms with E-state index in [-0.39, 0.29) is 11.7 Å². The van der Waals surface area contributed by atoms with Crippen molar-refractivity contribution in [2.24, 2.45) is 0 Å². The summed E-state index contributed by atoms with van der Waals surface area (Å²) >= 11 is 1.23. The van der Waals surface area contributed by atoms with E-state index in [4.69, 9.17) is 4.74 Å². The van der Waals surface area contributed by atoms with E-state index in [0.717, 1.165) is 0 Å². The molecule has 0 aromatic carbocycles. The number of nitrogens with zero attached hydrogens (tertiary/aromatic N) is 4. The number of rotatable bonds is 5. The number of esters is 1. The number of hydrogen-bond donors (Lipinski definition) is 1. The summed E-state index contributed by atoms with van der Waals surface area (Å²) in [5.74, 6) is 0.879. The van der Waals surface area contributed by atoms with Crippen LogP contribution in [0, 0.1) is 0 Å². The third-order valence-electron chi connectivity index (χ3n) is 1.97. The molecule has 1 aromatic rings. The molecule has 0 unspecified atom stereocenters. The van der Waals surface area contributed by atoms with Crippen LogP contribution in [0.2, 0.25) is 0 Å². The standard InChI is InChI=1S/C12H21N5O2S/c1-12(2,3)19-8(18)7-20-11-15-9(13-4)14-10(16-11)17(5)6/h7H2,1-6H3,(H,13,14,15,16). The molecule has 0 radical (unpaired) electrons. The van der Waals surface area contributed by atoms with Gasteiger partial charge in [0.05, 0.1) is 5.75 Å². The van der Waals surface area contributed by atoms with Gasteiger partial charge in [-0.15, -0.1) is 0 Å². The van der Waals surface area contributed by atoms with Gasteiger partial charge in [-0.1, -0.05) is 11.8 Å². The molecule has 0 aliphatic carbocycles. The fourth-order valence-electron chi connectivity index (χ4n) is 1.22. The molecule has 0 aliphatic rings. The van der Waals surface area contributed by atoms with Crippen molar-refractivity contribution in [1.82, 2.24) is 15.0 Å². The Morgan fingerprint density at radius 2 is 1.95 bits per heavy atom. The molecule has 0 bridgehead atoms. The molecule has 7 nitrogen and oxygen atoms in total. The van der Waals surface area contributed by atoms with Gasteiger partial charge in [0.25, 0.3) is 0 Å². The second-order valence-electron chi connectivity index (χ2n) is 5.26. The van der Waals surface area contributed by atoms with E-state index in [9.17, 15) is 4.79 Å². The van der Waals surface area contributed by atoms with Crippen LogP contribution >= 0.6 is 11.8 Å². The molecule has 1 heterocycles. The Bertz CT molecular complexity index is 473. The highest BCUT2D eigenvalue weighted by molar-refractivity contribution is 7.99. The topological polar surface area (TPSA) is 80.2 Å². The molecule has 0 saturated carbocycles. The number of nitrogens with one attached hydrogen (secondary N) is 1. The van der Waals surface area contributed by atoms with Crippen molar-refractivity contribution in [3.8, 4) is 0 Å². The minimum absolute atomic E-state index is 0.164. The Hall–Kier alpha value is -1.57. The Kier molecular flexibility index (Phi) is 5.55. The summed E-state index contributed by atoms with van der Waals surface area (Å²) in [4.78, 5) is 26.1. The second-order valence-corrected chi connectivity index (χ2v) is 6.20. The minimum atomic E-state index is -0.484. The monoisotopic (exact) mass is 299 g/mol. The molecule has 8 heteroatoms. The highest BCUT2D eigenvalue weighted by atomic mass is 32.2. The van der Waals surface area contributed by atoms with Gasteiger partial charge in [-0.3, -0.25) is 4.79 Å². The van der Waals surface area contributed by atoms with Crippen molar-refractivity contribution in [1.29, 1.82) is 0 Å². The zero-order valence-corrected chi connectivity index (χ0v) is 13.5. The third-order valence-corrected chi connectivity index (χ3v) is 2.79. The van der Waals surface area contributed by atoms with Crippen molar-refractivity contribution >= 4 is 29.6 Å². The number of carbonyl (C=O) groups excluding carboxylic acids is 1. The Morgan fingerprint density at radius 1 is 1.30 bits per heavy atom. The highest BCUT2D eigenvalue weighted by Crippen LogP contribution is 2.18. The Morgan fingerprint density at radius 3 is 2.45 bits per heavy atom. The maximum atomic E-state index is 11.7. The number of hydrogen-bond acceptors (Lipinski definition) is 8. The number of thioether (sulfide) groups is 1. The van der Waals surface area contributed by atoms with E-state index in [0.29, 0.717) is 17.1 Å². The van der Waals surface area contributed by atoms with E-state index in [1.807, 2.05) is 34.9 Å². The van der Waals surface area contributed by atoms with Crippen molar-refractivity contribution in [3.05, 3.63) is 0 Å². The predicted molar refractivity (Wildman–Crippen MR) is 80.3 cm³/mol. The van der Waals surface area contributed by atoms with Crippen molar-refractivity contribution in [2.45, 2.75) is 31.5 Å². The van der Waals surface area contributed by atoms with Crippen molar-refractivity contribution in [2.75, 3.05) is 37.1 Å². The molecule has 0 atom stereocenters. The molecule has 1 rings (SSSR count). The van der Waals surface area contributed by atoms with Crippen LogP contribution in [0.25, 0.3) is 0 Å². The summed E-state index contributed by atoms with van der Waals surface area (Å²) < 4.78 is 5.24. The largest absolute Gasteiger partial charge is 0.459 e. The molecule has 0 saturated heterocycles.